The number of hydrogen-bond donors (Lipinski definition) is 1. The average Bonchev–Trinajstić information content (AvgIpc) is 2.47. The van der Waals surface area contributed by atoms with E-state index in [9.17, 15) is 0 Å². The van der Waals surface area contributed by atoms with E-state index in [1.54, 1.807) is 6.20 Å². The molecule has 0 aliphatic heterocycles. The first kappa shape index (κ1) is 8.74. The maximum atomic E-state index is 5.63. The summed E-state index contributed by atoms with van der Waals surface area (Å²) in [5.74, 6) is 0. The minimum Gasteiger partial charge on any atom is -0.397 e. The van der Waals surface area contributed by atoms with Gasteiger partial charge < -0.3 is 10.1 Å². The van der Waals surface area contributed by atoms with E-state index in [0.717, 1.165) is 17.0 Å². The van der Waals surface area contributed by atoms with Gasteiger partial charge in [-0.2, -0.15) is 0 Å². The van der Waals surface area contributed by atoms with Gasteiger partial charge in [-0.1, -0.05) is 6.58 Å². The van der Waals surface area contributed by atoms with Gasteiger partial charge in [-0.05, 0) is 13.8 Å². The topological polar surface area (TPSA) is 56.2 Å². The third-order valence-electron chi connectivity index (χ3n) is 2.10. The number of hydrogen-bond acceptors (Lipinski definition) is 3. The molecule has 0 spiro atoms. The number of aromatic nitrogens is 3. The third-order valence-corrected chi connectivity index (χ3v) is 2.10. The second kappa shape index (κ2) is 2.83. The van der Waals surface area contributed by atoms with Gasteiger partial charge in [-0.25, -0.2) is 9.97 Å². The summed E-state index contributed by atoms with van der Waals surface area (Å²) < 4.78 is 1.97. The van der Waals surface area contributed by atoms with Gasteiger partial charge in [0.1, 0.15) is 5.69 Å². The van der Waals surface area contributed by atoms with E-state index in [0.29, 0.717) is 11.4 Å². The Labute approximate surface area is 82.1 Å². The molecular formula is C10H12N4. The molecule has 0 aromatic carbocycles. The minimum absolute atomic E-state index is 0.445. The second-order valence-corrected chi connectivity index (χ2v) is 3.35. The van der Waals surface area contributed by atoms with E-state index in [1.807, 2.05) is 24.4 Å². The van der Waals surface area contributed by atoms with Gasteiger partial charge in [0.15, 0.2) is 5.65 Å². The van der Waals surface area contributed by atoms with Crippen molar-refractivity contribution in [2.45, 2.75) is 13.8 Å². The molecule has 4 nitrogen and oxygen atoms in total. The standard InChI is InChI=1S/C10H12N4/c1-6-5-14-7(2)4-12-9(8(3)11)10(14)13-6/h4-5H,3,11H2,1-2H3. The highest BCUT2D eigenvalue weighted by molar-refractivity contribution is 5.69. The summed E-state index contributed by atoms with van der Waals surface area (Å²) in [5.41, 5.74) is 9.48. The fraction of sp³-hybridized carbons (Fsp3) is 0.200. The summed E-state index contributed by atoms with van der Waals surface area (Å²) in [6.45, 7) is 7.59. The molecule has 2 rings (SSSR count). The van der Waals surface area contributed by atoms with Crippen LogP contribution in [0.25, 0.3) is 11.3 Å². The van der Waals surface area contributed by atoms with Crippen molar-refractivity contribution in [1.82, 2.24) is 14.4 Å². The number of imidazole rings is 1. The number of nitrogens with two attached hydrogens (primary N) is 1. The minimum atomic E-state index is 0.445. The zero-order valence-corrected chi connectivity index (χ0v) is 8.28. The summed E-state index contributed by atoms with van der Waals surface area (Å²) in [4.78, 5) is 8.57. The van der Waals surface area contributed by atoms with Crippen LogP contribution >= 0.6 is 0 Å². The zero-order chi connectivity index (χ0) is 10.3. The molecule has 2 aromatic heterocycles. The molecule has 2 aromatic rings. The van der Waals surface area contributed by atoms with Crippen molar-refractivity contribution in [1.29, 1.82) is 0 Å². The molecule has 0 unspecified atom stereocenters. The maximum absolute atomic E-state index is 5.63. The van der Waals surface area contributed by atoms with Crippen LogP contribution in [-0.2, 0) is 0 Å². The molecule has 0 fully saturated rings. The highest BCUT2D eigenvalue weighted by Gasteiger charge is 2.08. The van der Waals surface area contributed by atoms with Crippen molar-refractivity contribution in [3.8, 4) is 0 Å². The molecule has 2 heterocycles. The van der Waals surface area contributed by atoms with Crippen LogP contribution in [0, 0.1) is 13.8 Å². The van der Waals surface area contributed by atoms with E-state index in [4.69, 9.17) is 5.73 Å². The Kier molecular flexibility index (Phi) is 1.77. The van der Waals surface area contributed by atoms with Crippen molar-refractivity contribution in [2.24, 2.45) is 5.73 Å². The average molecular weight is 188 g/mol. The lowest BCUT2D eigenvalue weighted by molar-refractivity contribution is 1.03. The van der Waals surface area contributed by atoms with Crippen LogP contribution in [0.1, 0.15) is 17.1 Å². The van der Waals surface area contributed by atoms with Gasteiger partial charge in [0.2, 0.25) is 0 Å². The molecule has 0 aliphatic carbocycles. The molecule has 0 bridgehead atoms. The van der Waals surface area contributed by atoms with E-state index in [1.165, 1.54) is 0 Å². The van der Waals surface area contributed by atoms with Crippen LogP contribution in [0.4, 0.5) is 0 Å². The molecule has 4 heteroatoms. The Morgan fingerprint density at radius 3 is 2.86 bits per heavy atom. The SMILES string of the molecule is C=C(N)c1ncc(C)n2cc(C)nc12. The van der Waals surface area contributed by atoms with Crippen LogP contribution < -0.4 is 5.73 Å². The van der Waals surface area contributed by atoms with Crippen molar-refractivity contribution in [2.75, 3.05) is 0 Å². The van der Waals surface area contributed by atoms with Crippen molar-refractivity contribution in [3.63, 3.8) is 0 Å². The largest absolute Gasteiger partial charge is 0.397 e. The number of nitrogens with zero attached hydrogens (tertiary/aromatic N) is 3. The van der Waals surface area contributed by atoms with Crippen LogP contribution in [0.3, 0.4) is 0 Å². The van der Waals surface area contributed by atoms with Crippen molar-refractivity contribution < 1.29 is 0 Å². The third kappa shape index (κ3) is 1.16. The Hall–Kier alpha value is -1.84. The van der Waals surface area contributed by atoms with Gasteiger partial charge in [-0.3, -0.25) is 0 Å². The lowest BCUT2D eigenvalue weighted by Crippen LogP contribution is -2.03. The second-order valence-electron chi connectivity index (χ2n) is 3.35. The molecule has 0 aliphatic rings. The Balaban J connectivity index is 2.87. The first-order valence-electron chi connectivity index (χ1n) is 4.35. The normalized spacial score (nSPS) is 10.7. The highest BCUT2D eigenvalue weighted by atomic mass is 15.0. The Morgan fingerprint density at radius 1 is 1.50 bits per heavy atom. The highest BCUT2D eigenvalue weighted by Crippen LogP contribution is 2.14. The molecule has 0 amide bonds. The molecule has 0 saturated carbocycles. The summed E-state index contributed by atoms with van der Waals surface area (Å²) >= 11 is 0. The smallest absolute Gasteiger partial charge is 0.165 e. The fourth-order valence-electron chi connectivity index (χ4n) is 1.44. The van der Waals surface area contributed by atoms with Crippen LogP contribution in [-0.4, -0.2) is 14.4 Å². The van der Waals surface area contributed by atoms with Gasteiger partial charge in [0.05, 0.1) is 11.4 Å². The lowest BCUT2D eigenvalue weighted by Gasteiger charge is -2.03. The predicted molar refractivity (Wildman–Crippen MR) is 55.7 cm³/mol. The zero-order valence-electron chi connectivity index (χ0n) is 8.28. The van der Waals surface area contributed by atoms with E-state index >= 15 is 0 Å². The van der Waals surface area contributed by atoms with Gasteiger partial charge in [0.25, 0.3) is 0 Å². The van der Waals surface area contributed by atoms with Crippen LogP contribution in [0.15, 0.2) is 19.0 Å². The molecule has 0 saturated heterocycles. The maximum Gasteiger partial charge on any atom is 0.165 e. The lowest BCUT2D eigenvalue weighted by atomic mass is 10.3. The molecule has 2 N–H and O–H groups in total. The summed E-state index contributed by atoms with van der Waals surface area (Å²) in [6, 6.07) is 0. The van der Waals surface area contributed by atoms with Gasteiger partial charge in [-0.15, -0.1) is 0 Å². The summed E-state index contributed by atoms with van der Waals surface area (Å²) in [6.07, 6.45) is 3.72. The molecule has 0 radical (unpaired) electrons. The van der Waals surface area contributed by atoms with Crippen molar-refractivity contribution >= 4 is 11.3 Å². The summed E-state index contributed by atoms with van der Waals surface area (Å²) in [7, 11) is 0. The van der Waals surface area contributed by atoms with Crippen LogP contribution in [0.5, 0.6) is 0 Å². The number of rotatable bonds is 1. The van der Waals surface area contributed by atoms with E-state index in [-0.39, 0.29) is 0 Å². The molecule has 72 valence electrons. The Bertz CT molecular complexity index is 510. The Morgan fingerprint density at radius 2 is 2.21 bits per heavy atom. The van der Waals surface area contributed by atoms with Crippen molar-refractivity contribution in [3.05, 3.63) is 36.1 Å². The van der Waals surface area contributed by atoms with Gasteiger partial charge >= 0.3 is 0 Å². The monoisotopic (exact) mass is 188 g/mol. The summed E-state index contributed by atoms with van der Waals surface area (Å²) in [5, 5.41) is 0. The van der Waals surface area contributed by atoms with Crippen LogP contribution in [0.2, 0.25) is 0 Å². The fourth-order valence-corrected chi connectivity index (χ4v) is 1.44. The first-order chi connectivity index (χ1) is 6.59. The van der Waals surface area contributed by atoms with Gasteiger partial charge in [0, 0.05) is 18.1 Å². The quantitative estimate of drug-likeness (QED) is 0.733. The first-order valence-corrected chi connectivity index (χ1v) is 4.35. The number of fused-ring (bicyclic) bond motifs is 1. The predicted octanol–water partition coefficient (Wildman–Crippen LogP) is 1.28. The number of aryl methyl sites for hydroxylation is 2. The van der Waals surface area contributed by atoms with E-state index < -0.39 is 0 Å². The molecule has 0 atom stereocenters. The van der Waals surface area contributed by atoms with E-state index in [2.05, 4.69) is 16.5 Å². The molecular weight excluding hydrogens is 176 g/mol. The molecule has 14 heavy (non-hydrogen) atoms.